The number of nitrogens with zero attached hydrogens (tertiary/aromatic N) is 4. The van der Waals surface area contributed by atoms with E-state index >= 15 is 0 Å². The summed E-state index contributed by atoms with van der Waals surface area (Å²) < 4.78 is 6.42. The van der Waals surface area contributed by atoms with Crippen molar-refractivity contribution in [2.45, 2.75) is 6.92 Å². The molecule has 0 bridgehead atoms. The van der Waals surface area contributed by atoms with Crippen LogP contribution in [-0.2, 0) is 14.4 Å². The molecule has 0 aromatic rings. The number of amidine groups is 1. The topological polar surface area (TPSA) is 68.8 Å². The summed E-state index contributed by atoms with van der Waals surface area (Å²) in [6, 6.07) is 0.441. The molecule has 0 saturated carbocycles. The van der Waals surface area contributed by atoms with Crippen LogP contribution in [0.3, 0.4) is 0 Å². The highest BCUT2D eigenvalue weighted by atomic mass is 16.7. The fourth-order valence-corrected chi connectivity index (χ4v) is 1.07. The first-order valence-corrected chi connectivity index (χ1v) is 5.14. The first-order chi connectivity index (χ1) is 7.92. The number of hydrogen-bond donors (Lipinski definition) is 0. The van der Waals surface area contributed by atoms with Crippen molar-refractivity contribution in [3.63, 3.8) is 0 Å². The number of esters is 1. The van der Waals surface area contributed by atoms with E-state index in [9.17, 15) is 4.79 Å². The molecule has 0 aliphatic heterocycles. The molecule has 17 heavy (non-hydrogen) atoms. The molecule has 0 aliphatic rings. The van der Waals surface area contributed by atoms with Crippen LogP contribution in [0.25, 0.3) is 0 Å². The highest BCUT2D eigenvalue weighted by Crippen LogP contribution is 1.94. The largest absolute Gasteiger partial charge is 0.470 e. The Morgan fingerprint density at radius 2 is 2.00 bits per heavy atom. The molecule has 0 N–H and O–H groups in total. The van der Waals surface area contributed by atoms with Gasteiger partial charge in [-0.2, -0.15) is 5.26 Å². The molecule has 0 amide bonds. The standard InChI is InChI=1S/C10H19N4O3/c1-6-16-9(15)7-14(8-11)17-10(12(2)3)13(4)5/h6-7H2,1-5H3/q+1. The lowest BCUT2D eigenvalue weighted by Crippen LogP contribution is -2.39. The second-order valence-electron chi connectivity index (χ2n) is 3.60. The van der Waals surface area contributed by atoms with Crippen molar-refractivity contribution in [3.05, 3.63) is 0 Å². The number of nitriles is 1. The van der Waals surface area contributed by atoms with Crippen molar-refractivity contribution in [1.82, 2.24) is 9.96 Å². The van der Waals surface area contributed by atoms with Crippen molar-refractivity contribution in [3.8, 4) is 6.19 Å². The first-order valence-electron chi connectivity index (χ1n) is 5.14. The Labute approximate surface area is 101 Å². The minimum Gasteiger partial charge on any atom is -0.465 e. The number of hydrogen-bond acceptors (Lipinski definition) is 5. The molecule has 0 rings (SSSR count). The first kappa shape index (κ1) is 15.0. The van der Waals surface area contributed by atoms with Gasteiger partial charge >= 0.3 is 12.0 Å². The molecule has 7 nitrogen and oxygen atoms in total. The minimum atomic E-state index is -0.508. The molecule has 0 aromatic heterocycles. The van der Waals surface area contributed by atoms with Gasteiger partial charge in [0.25, 0.3) is 0 Å². The Kier molecular flexibility index (Phi) is 6.48. The summed E-state index contributed by atoms with van der Waals surface area (Å²) in [6.45, 7) is 1.73. The van der Waals surface area contributed by atoms with Gasteiger partial charge in [-0.05, 0) is 6.92 Å². The van der Waals surface area contributed by atoms with Gasteiger partial charge in [0.2, 0.25) is 6.19 Å². The molecule has 96 valence electrons. The summed E-state index contributed by atoms with van der Waals surface area (Å²) in [5.74, 6) is -0.508. The SMILES string of the molecule is CCOC(=O)CN(C#N)OC(N(C)C)=[N+](C)C. The molecule has 0 atom stereocenters. The summed E-state index contributed by atoms with van der Waals surface area (Å²) in [7, 11) is 7.09. The summed E-state index contributed by atoms with van der Waals surface area (Å²) in [6.07, 6.45) is 1.77. The predicted octanol–water partition coefficient (Wildman–Crippen LogP) is -0.546. The maximum absolute atomic E-state index is 11.2. The third-order valence-corrected chi connectivity index (χ3v) is 1.65. The monoisotopic (exact) mass is 243 g/mol. The van der Waals surface area contributed by atoms with Crippen LogP contribution in [0.5, 0.6) is 0 Å². The molecular weight excluding hydrogens is 224 g/mol. The average molecular weight is 243 g/mol. The molecule has 0 heterocycles. The molecule has 0 spiro atoms. The molecule has 0 aromatic carbocycles. The van der Waals surface area contributed by atoms with E-state index in [-0.39, 0.29) is 13.2 Å². The number of ether oxygens (including phenoxy) is 1. The molecule has 0 fully saturated rings. The molecule has 0 saturated heterocycles. The molecule has 0 unspecified atom stereocenters. The van der Waals surface area contributed by atoms with Crippen molar-refractivity contribution >= 4 is 12.0 Å². The predicted molar refractivity (Wildman–Crippen MR) is 60.8 cm³/mol. The fraction of sp³-hybridized carbons (Fsp3) is 0.700. The Balaban J connectivity index is 4.56. The summed E-state index contributed by atoms with van der Waals surface area (Å²) in [5, 5.41) is 9.72. The van der Waals surface area contributed by atoms with Gasteiger partial charge in [0.15, 0.2) is 6.54 Å². The molecule has 0 aliphatic carbocycles. The average Bonchev–Trinajstić information content (AvgIpc) is 2.23. The second kappa shape index (κ2) is 7.33. The summed E-state index contributed by atoms with van der Waals surface area (Å²) >= 11 is 0. The highest BCUT2D eigenvalue weighted by Gasteiger charge is 2.20. The lowest BCUT2D eigenvalue weighted by molar-refractivity contribution is -0.485. The zero-order valence-corrected chi connectivity index (χ0v) is 10.9. The quantitative estimate of drug-likeness (QED) is 0.126. The van der Waals surface area contributed by atoms with E-state index < -0.39 is 5.97 Å². The zero-order chi connectivity index (χ0) is 13.4. The van der Waals surface area contributed by atoms with Crippen molar-refractivity contribution < 1.29 is 18.9 Å². The van der Waals surface area contributed by atoms with Gasteiger partial charge in [0.05, 0.1) is 34.8 Å². The van der Waals surface area contributed by atoms with E-state index in [4.69, 9.17) is 14.8 Å². The van der Waals surface area contributed by atoms with E-state index in [1.165, 1.54) is 0 Å². The highest BCUT2D eigenvalue weighted by molar-refractivity contribution is 5.72. The van der Waals surface area contributed by atoms with Crippen molar-refractivity contribution in [2.75, 3.05) is 41.3 Å². The van der Waals surface area contributed by atoms with E-state index in [1.807, 2.05) is 0 Å². The third kappa shape index (κ3) is 5.61. The Bertz CT molecular complexity index is 329. The Morgan fingerprint density at radius 3 is 2.35 bits per heavy atom. The van der Waals surface area contributed by atoms with Gasteiger partial charge in [-0.3, -0.25) is 4.84 Å². The van der Waals surface area contributed by atoms with Gasteiger partial charge in [0.1, 0.15) is 0 Å². The van der Waals surface area contributed by atoms with E-state index in [0.717, 1.165) is 5.06 Å². The van der Waals surface area contributed by atoms with Crippen LogP contribution < -0.4 is 0 Å². The number of hydroxylamine groups is 2. The molecule has 7 heteroatoms. The van der Waals surface area contributed by atoms with Gasteiger partial charge in [0, 0.05) is 0 Å². The van der Waals surface area contributed by atoms with Crippen LogP contribution in [0, 0.1) is 11.5 Å². The van der Waals surface area contributed by atoms with Crippen LogP contribution in [-0.4, -0.2) is 67.9 Å². The summed E-state index contributed by atoms with van der Waals surface area (Å²) in [4.78, 5) is 18.2. The number of carbonyl (C=O) groups is 1. The van der Waals surface area contributed by atoms with Crippen LogP contribution in [0.15, 0.2) is 0 Å². The smallest absolute Gasteiger partial charge is 0.465 e. The van der Waals surface area contributed by atoms with E-state index in [1.54, 1.807) is 50.8 Å². The van der Waals surface area contributed by atoms with Crippen LogP contribution >= 0.6 is 0 Å². The minimum absolute atomic E-state index is 0.241. The van der Waals surface area contributed by atoms with E-state index in [2.05, 4.69) is 0 Å². The maximum Gasteiger partial charge on any atom is 0.470 e. The normalized spacial score (nSPS) is 8.94. The van der Waals surface area contributed by atoms with Crippen LogP contribution in [0.1, 0.15) is 6.92 Å². The lowest BCUT2D eigenvalue weighted by atomic mass is 10.6. The third-order valence-electron chi connectivity index (χ3n) is 1.65. The van der Waals surface area contributed by atoms with Gasteiger partial charge < -0.3 is 4.74 Å². The van der Waals surface area contributed by atoms with Gasteiger partial charge in [-0.15, -0.1) is 5.06 Å². The Hall–Kier alpha value is -1.97. The second-order valence-corrected chi connectivity index (χ2v) is 3.60. The van der Waals surface area contributed by atoms with Crippen molar-refractivity contribution in [1.29, 1.82) is 5.26 Å². The fourth-order valence-electron chi connectivity index (χ4n) is 1.07. The van der Waals surface area contributed by atoms with Crippen LogP contribution in [0.4, 0.5) is 0 Å². The maximum atomic E-state index is 11.2. The molecule has 0 radical (unpaired) electrons. The lowest BCUT2D eigenvalue weighted by Gasteiger charge is -2.16. The van der Waals surface area contributed by atoms with Gasteiger partial charge in [-0.25, -0.2) is 14.3 Å². The van der Waals surface area contributed by atoms with Crippen molar-refractivity contribution in [2.24, 2.45) is 0 Å². The molecular formula is C10H19N4O3+. The zero-order valence-electron chi connectivity index (χ0n) is 10.9. The summed E-state index contributed by atoms with van der Waals surface area (Å²) in [5.41, 5.74) is 0. The van der Waals surface area contributed by atoms with E-state index in [0.29, 0.717) is 6.02 Å². The number of carbonyl (C=O) groups excluding carboxylic acids is 1. The number of rotatable bonds is 4. The van der Waals surface area contributed by atoms with Gasteiger partial charge in [-0.1, -0.05) is 0 Å². The Morgan fingerprint density at radius 1 is 1.41 bits per heavy atom. The van der Waals surface area contributed by atoms with Crippen LogP contribution in [0.2, 0.25) is 0 Å².